The van der Waals surface area contributed by atoms with Crippen LogP contribution in [0.2, 0.25) is 0 Å². The van der Waals surface area contributed by atoms with Crippen molar-refractivity contribution in [3.8, 4) is 5.75 Å². The molecule has 1 saturated heterocycles. The van der Waals surface area contributed by atoms with Crippen molar-refractivity contribution < 1.29 is 27.5 Å². The molecule has 0 spiro atoms. The molecule has 3 amide bonds. The second-order valence-corrected chi connectivity index (χ2v) is 10.4. The van der Waals surface area contributed by atoms with Crippen LogP contribution in [0.25, 0.3) is 0 Å². The Morgan fingerprint density at radius 1 is 1.09 bits per heavy atom. The van der Waals surface area contributed by atoms with Crippen LogP contribution in [0.4, 0.5) is 0 Å². The fourth-order valence-corrected chi connectivity index (χ4v) is 5.44. The van der Waals surface area contributed by atoms with Crippen LogP contribution in [0.3, 0.4) is 0 Å². The van der Waals surface area contributed by atoms with Gasteiger partial charge >= 0.3 is 0 Å². The van der Waals surface area contributed by atoms with Crippen LogP contribution >= 0.6 is 0 Å². The van der Waals surface area contributed by atoms with Crippen molar-refractivity contribution >= 4 is 27.6 Å². The normalized spacial score (nSPS) is 18.5. The van der Waals surface area contributed by atoms with Gasteiger partial charge in [-0.25, -0.2) is 8.42 Å². The Hall–Kier alpha value is -3.24. The molecule has 1 N–H and O–H groups in total. The fourth-order valence-electron chi connectivity index (χ4n) is 4.06. The van der Waals surface area contributed by atoms with Gasteiger partial charge in [-0.2, -0.15) is 0 Å². The monoisotopic (exact) mass is 471 g/mol. The third-order valence-electron chi connectivity index (χ3n) is 5.64. The molecule has 10 heteroatoms. The molecular formula is C23H25N3O6S. The first kappa shape index (κ1) is 22.9. The average molecular weight is 472 g/mol. The Morgan fingerprint density at radius 2 is 1.82 bits per heavy atom. The van der Waals surface area contributed by atoms with Crippen molar-refractivity contribution in [1.82, 2.24) is 15.1 Å². The largest absolute Gasteiger partial charge is 0.489 e. The Morgan fingerprint density at radius 3 is 2.48 bits per heavy atom. The molecule has 9 nitrogen and oxygen atoms in total. The van der Waals surface area contributed by atoms with Crippen molar-refractivity contribution in [3.63, 3.8) is 0 Å². The maximum absolute atomic E-state index is 12.9. The minimum Gasteiger partial charge on any atom is -0.489 e. The number of sulfone groups is 1. The first-order valence-electron chi connectivity index (χ1n) is 10.5. The number of hydrogen-bond acceptors (Lipinski definition) is 7. The predicted molar refractivity (Wildman–Crippen MR) is 119 cm³/mol. The van der Waals surface area contributed by atoms with Crippen LogP contribution < -0.4 is 10.1 Å². The lowest BCUT2D eigenvalue weighted by atomic mass is 10.0. The summed E-state index contributed by atoms with van der Waals surface area (Å²) < 4.78 is 30.6. The van der Waals surface area contributed by atoms with E-state index in [1.807, 2.05) is 0 Å². The second kappa shape index (κ2) is 8.95. The molecule has 0 bridgehead atoms. The first-order chi connectivity index (χ1) is 15.7. The van der Waals surface area contributed by atoms with Crippen molar-refractivity contribution in [3.05, 3.63) is 59.2 Å². The van der Waals surface area contributed by atoms with Gasteiger partial charge in [-0.3, -0.25) is 24.6 Å². The molecule has 0 saturated carbocycles. The molecule has 2 aliphatic heterocycles. The van der Waals surface area contributed by atoms with Gasteiger partial charge < -0.3 is 9.64 Å². The highest BCUT2D eigenvalue weighted by Gasteiger charge is 2.40. The first-order valence-corrected chi connectivity index (χ1v) is 12.2. The zero-order valence-corrected chi connectivity index (χ0v) is 19.2. The minimum atomic E-state index is -3.39. The molecule has 1 unspecified atom stereocenters. The summed E-state index contributed by atoms with van der Waals surface area (Å²) in [5.41, 5.74) is 1.95. The number of fused-ring (bicyclic) bond motifs is 1. The van der Waals surface area contributed by atoms with E-state index in [-0.39, 0.29) is 42.2 Å². The summed E-state index contributed by atoms with van der Waals surface area (Å²) in [6.07, 6.45) is 0.490. The van der Waals surface area contributed by atoms with Gasteiger partial charge in [-0.15, -0.1) is 0 Å². The Labute approximate surface area is 192 Å². The number of piperidine rings is 1. The van der Waals surface area contributed by atoms with Crippen molar-refractivity contribution in [2.75, 3.05) is 20.0 Å². The van der Waals surface area contributed by atoms with Crippen LogP contribution in [0.5, 0.6) is 5.75 Å². The van der Waals surface area contributed by atoms with Gasteiger partial charge in [0.1, 0.15) is 24.3 Å². The average Bonchev–Trinajstić information content (AvgIpc) is 3.09. The summed E-state index contributed by atoms with van der Waals surface area (Å²) in [6, 6.07) is 11.0. The summed E-state index contributed by atoms with van der Waals surface area (Å²) >= 11 is 0. The van der Waals surface area contributed by atoms with Gasteiger partial charge in [0, 0.05) is 17.5 Å². The summed E-state index contributed by atoms with van der Waals surface area (Å²) in [5, 5.41) is 2.29. The standard InChI is InChI=1S/C23H25N3O6S/c1-25(2)14-33(30,31)16-8-6-15(7-9-16)13-32-20-5-3-4-17-18(20)12-26(23(17)29)19-10-11-21(27)24-22(19)28/h3-9,19H,10-14H2,1-2H3,(H,24,27,28). The third kappa shape index (κ3) is 4.76. The van der Waals surface area contributed by atoms with Crippen LogP contribution in [0, 0.1) is 0 Å². The highest BCUT2D eigenvalue weighted by molar-refractivity contribution is 7.91. The van der Waals surface area contributed by atoms with E-state index in [9.17, 15) is 22.8 Å². The Kier molecular flexibility index (Phi) is 6.22. The highest BCUT2D eigenvalue weighted by atomic mass is 32.2. The van der Waals surface area contributed by atoms with Crippen LogP contribution in [0.15, 0.2) is 47.4 Å². The maximum atomic E-state index is 12.9. The lowest BCUT2D eigenvalue weighted by molar-refractivity contribution is -0.136. The van der Waals surface area contributed by atoms with E-state index < -0.39 is 21.8 Å². The van der Waals surface area contributed by atoms with E-state index in [2.05, 4.69) is 5.32 Å². The topological polar surface area (TPSA) is 113 Å². The lowest BCUT2D eigenvalue weighted by Gasteiger charge is -2.29. The highest BCUT2D eigenvalue weighted by Crippen LogP contribution is 2.34. The molecule has 2 heterocycles. The number of amides is 3. The minimum absolute atomic E-state index is 0.0727. The molecule has 2 aromatic rings. The molecule has 0 aliphatic carbocycles. The maximum Gasteiger partial charge on any atom is 0.255 e. The third-order valence-corrected chi connectivity index (χ3v) is 7.49. The van der Waals surface area contributed by atoms with Gasteiger partial charge in [-0.05, 0) is 50.3 Å². The van der Waals surface area contributed by atoms with E-state index >= 15 is 0 Å². The van der Waals surface area contributed by atoms with E-state index in [1.54, 1.807) is 61.5 Å². The number of carbonyl (C=O) groups excluding carboxylic acids is 3. The summed E-state index contributed by atoms with van der Waals surface area (Å²) in [6.45, 7) is 0.412. The molecule has 4 rings (SSSR count). The van der Waals surface area contributed by atoms with Crippen molar-refractivity contribution in [1.29, 1.82) is 0 Å². The van der Waals surface area contributed by atoms with Gasteiger partial charge in [0.05, 0.1) is 11.4 Å². The molecule has 2 aromatic carbocycles. The lowest BCUT2D eigenvalue weighted by Crippen LogP contribution is -2.52. The summed E-state index contributed by atoms with van der Waals surface area (Å²) in [5.74, 6) is -0.596. The van der Waals surface area contributed by atoms with Crippen LogP contribution in [-0.4, -0.2) is 62.0 Å². The molecule has 0 aromatic heterocycles. The van der Waals surface area contributed by atoms with Crippen molar-refractivity contribution in [2.24, 2.45) is 0 Å². The van der Waals surface area contributed by atoms with Crippen LogP contribution in [-0.2, 0) is 32.6 Å². The molecule has 174 valence electrons. The zero-order valence-electron chi connectivity index (χ0n) is 18.4. The quantitative estimate of drug-likeness (QED) is 0.606. The molecule has 0 radical (unpaired) electrons. The fraction of sp³-hybridized carbons (Fsp3) is 0.348. The molecule has 33 heavy (non-hydrogen) atoms. The van der Waals surface area contributed by atoms with E-state index in [0.717, 1.165) is 5.56 Å². The Bertz CT molecular complexity index is 1210. The number of hydrogen-bond donors (Lipinski definition) is 1. The number of carbonyl (C=O) groups is 3. The molecule has 1 atom stereocenters. The summed E-state index contributed by atoms with van der Waals surface area (Å²) in [7, 11) is 0.00306. The van der Waals surface area contributed by atoms with Gasteiger partial charge in [-0.1, -0.05) is 18.2 Å². The Balaban J connectivity index is 1.46. The van der Waals surface area contributed by atoms with Gasteiger partial charge in [0.2, 0.25) is 11.8 Å². The SMILES string of the molecule is CN(C)CS(=O)(=O)c1ccc(COc2cccc3c2CN(C2CCC(=O)NC2=O)C3=O)cc1. The van der Waals surface area contributed by atoms with Crippen molar-refractivity contribution in [2.45, 2.75) is 36.9 Å². The molecule has 2 aliphatic rings. The van der Waals surface area contributed by atoms with E-state index in [1.165, 1.54) is 4.90 Å². The number of nitrogens with zero attached hydrogens (tertiary/aromatic N) is 2. The zero-order chi connectivity index (χ0) is 23.8. The predicted octanol–water partition coefficient (Wildman–Crippen LogP) is 1.32. The molecular weight excluding hydrogens is 446 g/mol. The molecule has 1 fully saturated rings. The number of nitrogens with one attached hydrogen (secondary N) is 1. The van der Waals surface area contributed by atoms with Crippen LogP contribution in [0.1, 0.15) is 34.3 Å². The van der Waals surface area contributed by atoms with Gasteiger partial charge in [0.15, 0.2) is 9.84 Å². The second-order valence-electron chi connectivity index (χ2n) is 8.44. The number of imide groups is 1. The number of benzene rings is 2. The smallest absolute Gasteiger partial charge is 0.255 e. The number of ether oxygens (including phenoxy) is 1. The summed E-state index contributed by atoms with van der Waals surface area (Å²) in [4.78, 5) is 39.9. The van der Waals surface area contributed by atoms with E-state index in [4.69, 9.17) is 4.74 Å². The number of rotatable bonds is 7. The van der Waals surface area contributed by atoms with Gasteiger partial charge in [0.25, 0.3) is 5.91 Å². The van der Waals surface area contributed by atoms with E-state index in [0.29, 0.717) is 23.3 Å².